The molecule has 10 heteroatoms. The first kappa shape index (κ1) is 21.7. The number of alkyl halides is 3. The lowest BCUT2D eigenvalue weighted by molar-refractivity contribution is -0.132. The summed E-state index contributed by atoms with van der Waals surface area (Å²) in [5.41, 5.74) is 1.32. The average molecular weight is 477 g/mol. The van der Waals surface area contributed by atoms with Gasteiger partial charge in [-0.1, -0.05) is 0 Å². The summed E-state index contributed by atoms with van der Waals surface area (Å²) in [6.07, 6.45) is -4.73. The monoisotopic (exact) mass is 477 g/mol. The highest BCUT2D eigenvalue weighted by atomic mass is 127. The van der Waals surface area contributed by atoms with Crippen LogP contribution in [0.15, 0.2) is 17.1 Å². The number of rotatable bonds is 5. The topological polar surface area (TPSA) is 54.9 Å². The summed E-state index contributed by atoms with van der Waals surface area (Å²) in [5, 5.41) is 5.47. The van der Waals surface area contributed by atoms with Gasteiger partial charge in [0.1, 0.15) is 11.6 Å². The lowest BCUT2D eigenvalue weighted by Crippen LogP contribution is -2.39. The van der Waals surface area contributed by atoms with Gasteiger partial charge in [0.15, 0.2) is 12.8 Å². The Labute approximate surface area is 160 Å². The van der Waals surface area contributed by atoms with Crippen LogP contribution in [-0.2, 0) is 17.8 Å². The summed E-state index contributed by atoms with van der Waals surface area (Å²) < 4.78 is 60.5. The van der Waals surface area contributed by atoms with E-state index in [2.05, 4.69) is 15.6 Å². The summed E-state index contributed by atoms with van der Waals surface area (Å²) in [4.78, 5) is 3.85. The van der Waals surface area contributed by atoms with E-state index in [0.29, 0.717) is 29.8 Å². The highest BCUT2D eigenvalue weighted by molar-refractivity contribution is 14.0. The molecule has 0 fully saturated rings. The summed E-state index contributed by atoms with van der Waals surface area (Å²) in [6.45, 7) is 0.499. The van der Waals surface area contributed by atoms with Crippen molar-refractivity contribution in [1.29, 1.82) is 0 Å². The minimum absolute atomic E-state index is 0. The van der Waals surface area contributed by atoms with E-state index in [1.807, 2.05) is 0 Å². The number of fused-ring (bicyclic) bond motifs is 1. The maximum atomic E-state index is 13.6. The zero-order valence-electron chi connectivity index (χ0n) is 13.6. The molecule has 25 heavy (non-hydrogen) atoms. The Hall–Kier alpha value is -1.30. The second-order valence-electron chi connectivity index (χ2n) is 5.20. The Morgan fingerprint density at radius 1 is 1.24 bits per heavy atom. The van der Waals surface area contributed by atoms with Gasteiger partial charge < -0.3 is 20.1 Å². The zero-order valence-corrected chi connectivity index (χ0v) is 15.9. The first-order valence-electron chi connectivity index (χ1n) is 7.42. The molecule has 1 aliphatic rings. The molecule has 1 heterocycles. The fourth-order valence-electron chi connectivity index (χ4n) is 2.30. The van der Waals surface area contributed by atoms with Crippen molar-refractivity contribution in [3.63, 3.8) is 0 Å². The van der Waals surface area contributed by atoms with Crippen LogP contribution in [0.4, 0.5) is 17.6 Å². The van der Waals surface area contributed by atoms with Crippen LogP contribution in [0.25, 0.3) is 0 Å². The van der Waals surface area contributed by atoms with Gasteiger partial charge in [-0.2, -0.15) is 13.2 Å². The number of halogens is 5. The van der Waals surface area contributed by atoms with Crippen LogP contribution < -0.4 is 15.4 Å². The summed E-state index contributed by atoms with van der Waals surface area (Å²) in [5.74, 6) is 0.476. The van der Waals surface area contributed by atoms with Gasteiger partial charge in [0.25, 0.3) is 0 Å². The van der Waals surface area contributed by atoms with Gasteiger partial charge in [-0.3, -0.25) is 4.99 Å². The lowest BCUT2D eigenvalue weighted by Gasteiger charge is -2.21. The molecule has 2 rings (SSSR count). The number of benzene rings is 1. The molecule has 0 amide bonds. The molecule has 0 aliphatic carbocycles. The Balaban J connectivity index is 0.00000312. The van der Waals surface area contributed by atoms with E-state index < -0.39 is 12.6 Å². The molecule has 2 N–H and O–H groups in total. The van der Waals surface area contributed by atoms with Crippen LogP contribution in [0, 0.1) is 5.82 Å². The fraction of sp³-hybridized carbons (Fsp3) is 0.533. The lowest BCUT2D eigenvalue weighted by atomic mass is 10.1. The molecular weight excluding hydrogens is 457 g/mol. The maximum absolute atomic E-state index is 13.6. The van der Waals surface area contributed by atoms with Crippen LogP contribution in [0.3, 0.4) is 0 Å². The smallest absolute Gasteiger partial charge is 0.390 e. The number of hydrogen-bond acceptors (Lipinski definition) is 3. The highest BCUT2D eigenvalue weighted by Crippen LogP contribution is 2.29. The normalized spacial score (nSPS) is 14.2. The van der Waals surface area contributed by atoms with Crippen molar-refractivity contribution in [2.45, 2.75) is 25.6 Å². The quantitative estimate of drug-likeness (QED) is 0.297. The number of hydrogen-bond donors (Lipinski definition) is 2. The van der Waals surface area contributed by atoms with Gasteiger partial charge in [0, 0.05) is 25.7 Å². The number of guanidine groups is 1. The first-order valence-corrected chi connectivity index (χ1v) is 7.42. The van der Waals surface area contributed by atoms with Gasteiger partial charge >= 0.3 is 6.18 Å². The van der Waals surface area contributed by atoms with Crippen molar-refractivity contribution in [2.24, 2.45) is 4.99 Å². The molecule has 0 bridgehead atoms. The van der Waals surface area contributed by atoms with E-state index >= 15 is 0 Å². The van der Waals surface area contributed by atoms with Crippen molar-refractivity contribution in [2.75, 3.05) is 26.9 Å². The fourth-order valence-corrected chi connectivity index (χ4v) is 2.30. The maximum Gasteiger partial charge on any atom is 0.390 e. The third-order valence-electron chi connectivity index (χ3n) is 3.36. The number of nitrogens with zero attached hydrogens (tertiary/aromatic N) is 1. The van der Waals surface area contributed by atoms with Gasteiger partial charge in [-0.15, -0.1) is 24.0 Å². The molecule has 0 atom stereocenters. The summed E-state index contributed by atoms with van der Waals surface area (Å²) in [7, 11) is 1.47. The van der Waals surface area contributed by atoms with Crippen LogP contribution >= 0.6 is 24.0 Å². The molecule has 5 nitrogen and oxygen atoms in total. The Morgan fingerprint density at radius 2 is 1.96 bits per heavy atom. The van der Waals surface area contributed by atoms with Gasteiger partial charge in [-0.05, 0) is 24.1 Å². The molecule has 1 aliphatic heterocycles. The van der Waals surface area contributed by atoms with E-state index in [4.69, 9.17) is 9.47 Å². The highest BCUT2D eigenvalue weighted by Gasteiger charge is 2.26. The van der Waals surface area contributed by atoms with E-state index in [0.717, 1.165) is 0 Å². The first-order chi connectivity index (χ1) is 11.4. The molecule has 0 aromatic heterocycles. The minimum Gasteiger partial charge on any atom is -0.467 e. The van der Waals surface area contributed by atoms with E-state index in [1.54, 1.807) is 0 Å². The van der Waals surface area contributed by atoms with Crippen LogP contribution in [-0.4, -0.2) is 39.1 Å². The standard InChI is InChI=1S/C15H19F4N3O2.HI/c1-20-14(22-5-3-15(17,18)19)21-4-2-10-6-12(16)7-11-8-23-9-24-13(10)11;/h6-7H,2-5,8-9H2,1H3,(H2,20,21,22);1H. The Morgan fingerprint density at radius 3 is 2.64 bits per heavy atom. The Kier molecular flexibility index (Phi) is 8.69. The van der Waals surface area contributed by atoms with Crippen LogP contribution in [0.5, 0.6) is 5.75 Å². The molecule has 1 aromatic rings. The average Bonchev–Trinajstić information content (AvgIpc) is 2.52. The van der Waals surface area contributed by atoms with Crippen molar-refractivity contribution >= 4 is 29.9 Å². The second kappa shape index (κ2) is 10.00. The molecule has 0 saturated carbocycles. The molecule has 0 unspecified atom stereocenters. The van der Waals surface area contributed by atoms with Crippen molar-refractivity contribution < 1.29 is 27.0 Å². The predicted octanol–water partition coefficient (Wildman–Crippen LogP) is 2.97. The molecular formula is C15H20F4IN3O2. The molecule has 1 aromatic carbocycles. The van der Waals surface area contributed by atoms with Gasteiger partial charge in [-0.25, -0.2) is 4.39 Å². The van der Waals surface area contributed by atoms with E-state index in [1.165, 1.54) is 19.2 Å². The van der Waals surface area contributed by atoms with Gasteiger partial charge in [0.2, 0.25) is 0 Å². The Bertz CT molecular complexity index is 597. The SMILES string of the molecule is CN=C(NCCc1cc(F)cc2c1OCOC2)NCCC(F)(F)F.I. The van der Waals surface area contributed by atoms with E-state index in [9.17, 15) is 17.6 Å². The molecule has 0 saturated heterocycles. The summed E-state index contributed by atoms with van der Waals surface area (Å²) >= 11 is 0. The second-order valence-corrected chi connectivity index (χ2v) is 5.20. The largest absolute Gasteiger partial charge is 0.467 e. The molecule has 0 radical (unpaired) electrons. The third kappa shape index (κ3) is 7.22. The third-order valence-corrected chi connectivity index (χ3v) is 3.36. The predicted molar refractivity (Wildman–Crippen MR) is 95.8 cm³/mol. The number of nitrogens with one attached hydrogen (secondary N) is 2. The molecule has 142 valence electrons. The van der Waals surface area contributed by atoms with Crippen LogP contribution in [0.1, 0.15) is 17.5 Å². The minimum atomic E-state index is -4.22. The molecule has 0 spiro atoms. The van der Waals surface area contributed by atoms with Crippen molar-refractivity contribution in [3.05, 3.63) is 29.1 Å². The zero-order chi connectivity index (χ0) is 17.6. The summed E-state index contributed by atoms with van der Waals surface area (Å²) in [6, 6.07) is 2.74. The number of aliphatic imine (C=N–C) groups is 1. The van der Waals surface area contributed by atoms with Crippen molar-refractivity contribution in [1.82, 2.24) is 10.6 Å². The number of ether oxygens (including phenoxy) is 2. The van der Waals surface area contributed by atoms with Crippen molar-refractivity contribution in [3.8, 4) is 5.75 Å². The van der Waals surface area contributed by atoms with Crippen LogP contribution in [0.2, 0.25) is 0 Å². The van der Waals surface area contributed by atoms with E-state index in [-0.39, 0.29) is 55.7 Å². The van der Waals surface area contributed by atoms with Gasteiger partial charge in [0.05, 0.1) is 13.0 Å².